The molecule has 0 aliphatic rings. The van der Waals surface area contributed by atoms with E-state index in [2.05, 4.69) is 10.1 Å². The number of hydrogen-bond acceptors (Lipinski definition) is 3. The zero-order chi connectivity index (χ0) is 13.5. The first-order valence-corrected chi connectivity index (χ1v) is 5.71. The topological polar surface area (TPSA) is 75.6 Å². The van der Waals surface area contributed by atoms with Crippen LogP contribution in [-0.2, 0) is 14.3 Å². The Kier molecular flexibility index (Phi) is 5.61. The first-order valence-electron chi connectivity index (χ1n) is 5.33. The number of amides is 1. The van der Waals surface area contributed by atoms with Crippen molar-refractivity contribution in [3.63, 3.8) is 0 Å². The number of halogens is 1. The monoisotopic (exact) mass is 271 g/mol. The Hall–Kier alpha value is -1.59. The predicted molar refractivity (Wildman–Crippen MR) is 66.5 cm³/mol. The van der Waals surface area contributed by atoms with Crippen molar-refractivity contribution in [2.75, 3.05) is 13.2 Å². The molecule has 0 aliphatic carbocycles. The zero-order valence-electron chi connectivity index (χ0n) is 9.85. The molecule has 2 N–H and O–H groups in total. The van der Waals surface area contributed by atoms with Gasteiger partial charge in [-0.1, -0.05) is 23.7 Å². The Morgan fingerprint density at radius 2 is 2.17 bits per heavy atom. The zero-order valence-corrected chi connectivity index (χ0v) is 10.6. The lowest BCUT2D eigenvalue weighted by atomic mass is 10.1. The Morgan fingerprint density at radius 1 is 1.44 bits per heavy atom. The summed E-state index contributed by atoms with van der Waals surface area (Å²) in [4.78, 5) is 21.6. The van der Waals surface area contributed by atoms with Gasteiger partial charge in [-0.25, -0.2) is 4.79 Å². The van der Waals surface area contributed by atoms with Crippen LogP contribution in [0.5, 0.6) is 0 Å². The lowest BCUT2D eigenvalue weighted by Gasteiger charge is -2.14. The Balaban J connectivity index is 2.42. The molecule has 5 nitrogen and oxygen atoms in total. The van der Waals surface area contributed by atoms with E-state index in [-0.39, 0.29) is 18.6 Å². The molecule has 0 bridgehead atoms. The van der Waals surface area contributed by atoms with Gasteiger partial charge in [0.05, 0.1) is 6.04 Å². The minimum Gasteiger partial charge on any atom is -0.480 e. The third-order valence-electron chi connectivity index (χ3n) is 2.18. The van der Waals surface area contributed by atoms with Gasteiger partial charge in [0.2, 0.25) is 5.91 Å². The van der Waals surface area contributed by atoms with Gasteiger partial charge in [-0.3, -0.25) is 4.79 Å². The maximum absolute atomic E-state index is 11.4. The van der Waals surface area contributed by atoms with E-state index in [9.17, 15) is 9.59 Å². The minimum absolute atomic E-state index is 0.218. The molecule has 1 atom stereocenters. The smallest absolute Gasteiger partial charge is 0.329 e. The number of carbonyl (C=O) groups excluding carboxylic acids is 1. The average Bonchev–Trinajstić information content (AvgIpc) is 2.28. The third kappa shape index (κ3) is 5.16. The number of ether oxygens (including phenoxy) is 1. The highest BCUT2D eigenvalue weighted by molar-refractivity contribution is 6.30. The van der Waals surface area contributed by atoms with Crippen molar-refractivity contribution < 1.29 is 19.4 Å². The Labute approximate surface area is 110 Å². The summed E-state index contributed by atoms with van der Waals surface area (Å²) in [5, 5.41) is 11.6. The summed E-state index contributed by atoms with van der Waals surface area (Å²) in [7, 11) is 0. The predicted octanol–water partition coefficient (Wildman–Crippen LogP) is 1.62. The van der Waals surface area contributed by atoms with Gasteiger partial charge in [0.25, 0.3) is 0 Å². The van der Waals surface area contributed by atoms with Crippen molar-refractivity contribution in [3.8, 4) is 0 Å². The number of benzene rings is 1. The molecule has 6 heteroatoms. The van der Waals surface area contributed by atoms with E-state index in [1.54, 1.807) is 25.1 Å². The Morgan fingerprint density at radius 3 is 2.78 bits per heavy atom. The molecule has 0 fully saturated rings. The van der Waals surface area contributed by atoms with Gasteiger partial charge in [-0.2, -0.15) is 0 Å². The number of hydrogen-bond donors (Lipinski definition) is 2. The van der Waals surface area contributed by atoms with Gasteiger partial charge in [0.15, 0.2) is 0 Å². The largest absolute Gasteiger partial charge is 0.480 e. The van der Waals surface area contributed by atoms with Crippen LogP contribution in [0.15, 0.2) is 24.3 Å². The SMILES string of the molecule is C[C@H](NC(=O)COCC(=O)O)c1cccc(Cl)c1. The molecule has 0 saturated heterocycles. The fourth-order valence-corrected chi connectivity index (χ4v) is 1.57. The lowest BCUT2D eigenvalue weighted by Crippen LogP contribution is -2.30. The minimum atomic E-state index is -1.11. The number of carbonyl (C=O) groups is 2. The molecule has 0 unspecified atom stereocenters. The van der Waals surface area contributed by atoms with Crippen LogP contribution in [0.2, 0.25) is 5.02 Å². The van der Waals surface area contributed by atoms with Gasteiger partial charge in [0, 0.05) is 5.02 Å². The van der Waals surface area contributed by atoms with Gasteiger partial charge in [-0.15, -0.1) is 0 Å². The summed E-state index contributed by atoms with van der Waals surface area (Å²) in [6.07, 6.45) is 0. The van der Waals surface area contributed by atoms with Crippen LogP contribution in [-0.4, -0.2) is 30.2 Å². The van der Waals surface area contributed by atoms with E-state index in [0.717, 1.165) is 5.56 Å². The molecule has 18 heavy (non-hydrogen) atoms. The van der Waals surface area contributed by atoms with Crippen molar-refractivity contribution in [1.29, 1.82) is 0 Å². The van der Waals surface area contributed by atoms with Crippen LogP contribution >= 0.6 is 11.6 Å². The highest BCUT2D eigenvalue weighted by atomic mass is 35.5. The van der Waals surface area contributed by atoms with Crippen LogP contribution in [0, 0.1) is 0 Å². The molecule has 1 aromatic rings. The van der Waals surface area contributed by atoms with E-state index in [4.69, 9.17) is 16.7 Å². The summed E-state index contributed by atoms with van der Waals surface area (Å²) < 4.78 is 4.68. The van der Waals surface area contributed by atoms with E-state index in [1.807, 2.05) is 6.07 Å². The average molecular weight is 272 g/mol. The second-order valence-electron chi connectivity index (χ2n) is 3.73. The second kappa shape index (κ2) is 6.98. The van der Waals surface area contributed by atoms with Crippen LogP contribution in [0.4, 0.5) is 0 Å². The van der Waals surface area contributed by atoms with Crippen molar-refractivity contribution in [3.05, 3.63) is 34.9 Å². The van der Waals surface area contributed by atoms with Gasteiger partial charge in [-0.05, 0) is 24.6 Å². The standard InChI is InChI=1S/C12H14ClNO4/c1-8(9-3-2-4-10(13)5-9)14-11(15)6-18-7-12(16)17/h2-5,8H,6-7H2,1H3,(H,14,15)(H,16,17)/t8-/m0/s1. The molecule has 1 amide bonds. The number of carboxylic acid groups (broad SMARTS) is 1. The molecular weight excluding hydrogens is 258 g/mol. The van der Waals surface area contributed by atoms with Gasteiger partial charge < -0.3 is 15.2 Å². The molecule has 0 aliphatic heterocycles. The number of aliphatic carboxylic acids is 1. The maximum atomic E-state index is 11.4. The van der Waals surface area contributed by atoms with Crippen molar-refractivity contribution in [2.24, 2.45) is 0 Å². The summed E-state index contributed by atoms with van der Waals surface area (Å²) in [6, 6.07) is 6.92. The van der Waals surface area contributed by atoms with Crippen molar-refractivity contribution in [2.45, 2.75) is 13.0 Å². The second-order valence-corrected chi connectivity index (χ2v) is 4.17. The maximum Gasteiger partial charge on any atom is 0.329 e. The van der Waals surface area contributed by atoms with Crippen molar-refractivity contribution in [1.82, 2.24) is 5.32 Å². The first-order chi connectivity index (χ1) is 8.49. The van der Waals surface area contributed by atoms with Gasteiger partial charge in [0.1, 0.15) is 13.2 Å². The fraction of sp³-hybridized carbons (Fsp3) is 0.333. The van der Waals surface area contributed by atoms with Crippen molar-refractivity contribution >= 4 is 23.5 Å². The number of nitrogens with one attached hydrogen (secondary N) is 1. The molecule has 0 radical (unpaired) electrons. The van der Waals surface area contributed by atoms with E-state index in [1.165, 1.54) is 0 Å². The normalized spacial score (nSPS) is 11.9. The van der Waals surface area contributed by atoms with E-state index < -0.39 is 12.6 Å². The van der Waals surface area contributed by atoms with Crippen LogP contribution in [0.3, 0.4) is 0 Å². The van der Waals surface area contributed by atoms with Crippen LogP contribution in [0.25, 0.3) is 0 Å². The number of rotatable bonds is 6. The summed E-state index contributed by atoms with van der Waals surface area (Å²) in [6.45, 7) is 1.04. The highest BCUT2D eigenvalue weighted by Gasteiger charge is 2.10. The summed E-state index contributed by atoms with van der Waals surface area (Å²) in [5.41, 5.74) is 0.870. The van der Waals surface area contributed by atoms with E-state index >= 15 is 0 Å². The summed E-state index contributed by atoms with van der Waals surface area (Å²) in [5.74, 6) is -1.48. The molecule has 98 valence electrons. The molecule has 0 heterocycles. The number of carboxylic acids is 1. The van der Waals surface area contributed by atoms with Crippen LogP contribution < -0.4 is 5.32 Å². The van der Waals surface area contributed by atoms with E-state index in [0.29, 0.717) is 5.02 Å². The van der Waals surface area contributed by atoms with Gasteiger partial charge >= 0.3 is 5.97 Å². The quantitative estimate of drug-likeness (QED) is 0.824. The highest BCUT2D eigenvalue weighted by Crippen LogP contribution is 2.17. The Bertz CT molecular complexity index is 436. The fourth-order valence-electron chi connectivity index (χ4n) is 1.37. The lowest BCUT2D eigenvalue weighted by molar-refractivity contribution is -0.143. The molecule has 0 spiro atoms. The molecule has 0 aromatic heterocycles. The summed E-state index contributed by atoms with van der Waals surface area (Å²) >= 11 is 5.84. The molecular formula is C12H14ClNO4. The first kappa shape index (κ1) is 14.5. The molecule has 1 aromatic carbocycles. The molecule has 1 rings (SSSR count). The molecule has 0 saturated carbocycles. The van der Waals surface area contributed by atoms with Crippen LogP contribution in [0.1, 0.15) is 18.5 Å². The third-order valence-corrected chi connectivity index (χ3v) is 2.42.